The number of amides is 2. The molecule has 2 aromatic rings. The first-order chi connectivity index (χ1) is 13.4. The Hall–Kier alpha value is -3.23. The maximum atomic E-state index is 14.0. The van der Waals surface area contributed by atoms with Crippen molar-refractivity contribution >= 4 is 23.2 Å². The normalized spacial score (nSPS) is 18.2. The van der Waals surface area contributed by atoms with Crippen LogP contribution in [0.5, 0.6) is 0 Å². The van der Waals surface area contributed by atoms with Gasteiger partial charge in [-0.2, -0.15) is 5.10 Å². The average molecular weight is 386 g/mol. The van der Waals surface area contributed by atoms with E-state index in [0.29, 0.717) is 13.1 Å². The zero-order valence-electron chi connectivity index (χ0n) is 15.3. The average Bonchev–Trinajstić information content (AvgIpc) is 3.22. The number of halogens is 2. The van der Waals surface area contributed by atoms with Crippen molar-refractivity contribution in [3.05, 3.63) is 42.0 Å². The van der Waals surface area contributed by atoms with E-state index in [0.717, 1.165) is 30.9 Å². The van der Waals surface area contributed by atoms with Crippen molar-refractivity contribution in [1.29, 1.82) is 0 Å². The highest BCUT2D eigenvalue weighted by Crippen LogP contribution is 2.27. The molecule has 146 valence electrons. The number of carbonyl (C=O) groups excluding carboxylic acids is 1. The molecule has 0 bridgehead atoms. The van der Waals surface area contributed by atoms with E-state index < -0.39 is 11.6 Å². The van der Waals surface area contributed by atoms with Crippen LogP contribution >= 0.6 is 0 Å². The summed E-state index contributed by atoms with van der Waals surface area (Å²) in [6.45, 7) is 4.74. The first kappa shape index (κ1) is 18.1. The number of nitrogens with one attached hydrogen (secondary N) is 1. The van der Waals surface area contributed by atoms with Crippen molar-refractivity contribution in [3.63, 3.8) is 0 Å². The fraction of sp³-hybridized carbons (Fsp3) is 0.316. The number of hydrogen-bond donors (Lipinski definition) is 2. The van der Waals surface area contributed by atoms with Gasteiger partial charge in [0.05, 0.1) is 23.6 Å². The van der Waals surface area contributed by atoms with Crippen LogP contribution in [0.3, 0.4) is 0 Å². The minimum atomic E-state index is -0.736. The minimum absolute atomic E-state index is 0.126. The zero-order valence-corrected chi connectivity index (χ0v) is 15.3. The lowest BCUT2D eigenvalue weighted by atomic mass is 10.1. The molecule has 2 amide bonds. The Morgan fingerprint density at radius 3 is 2.82 bits per heavy atom. The van der Waals surface area contributed by atoms with Gasteiger partial charge >= 0.3 is 6.03 Å². The molecule has 1 aromatic heterocycles. The second-order valence-corrected chi connectivity index (χ2v) is 6.86. The number of fused-ring (bicyclic) bond motifs is 1. The number of aromatic nitrogens is 1. The molecule has 28 heavy (non-hydrogen) atoms. The molecule has 0 spiro atoms. The van der Waals surface area contributed by atoms with Gasteiger partial charge < -0.3 is 10.6 Å². The molecule has 1 saturated heterocycles. The van der Waals surface area contributed by atoms with Crippen LogP contribution in [0.4, 0.5) is 25.1 Å². The summed E-state index contributed by atoms with van der Waals surface area (Å²) in [5.41, 5.74) is 7.56. The van der Waals surface area contributed by atoms with Crippen molar-refractivity contribution in [3.8, 4) is 11.3 Å². The highest BCUT2D eigenvalue weighted by atomic mass is 19.1. The van der Waals surface area contributed by atoms with Gasteiger partial charge in [-0.05, 0) is 31.2 Å². The largest absolute Gasteiger partial charge is 0.396 e. The van der Waals surface area contributed by atoms with Crippen LogP contribution in [-0.2, 0) is 0 Å². The van der Waals surface area contributed by atoms with Crippen LogP contribution in [0.25, 0.3) is 11.3 Å². The van der Waals surface area contributed by atoms with E-state index in [1.807, 2.05) is 11.9 Å². The maximum Gasteiger partial charge on any atom is 0.323 e. The number of nitrogens with two attached hydrogens (primary N) is 1. The van der Waals surface area contributed by atoms with Crippen LogP contribution < -0.4 is 11.1 Å². The van der Waals surface area contributed by atoms with Gasteiger partial charge in [-0.15, -0.1) is 0 Å². The van der Waals surface area contributed by atoms with Gasteiger partial charge in [0.25, 0.3) is 0 Å². The number of rotatable bonds is 3. The lowest BCUT2D eigenvalue weighted by molar-refractivity contribution is 0.216. The number of urea groups is 1. The van der Waals surface area contributed by atoms with Crippen molar-refractivity contribution in [2.45, 2.75) is 6.92 Å². The number of nitrogen functional groups attached to an aromatic ring is 1. The van der Waals surface area contributed by atoms with E-state index in [1.165, 1.54) is 18.2 Å². The van der Waals surface area contributed by atoms with Gasteiger partial charge in [0.15, 0.2) is 5.82 Å². The van der Waals surface area contributed by atoms with Crippen molar-refractivity contribution in [1.82, 2.24) is 14.9 Å². The van der Waals surface area contributed by atoms with Gasteiger partial charge in [-0.1, -0.05) is 0 Å². The molecular formula is C19H20F2N6O. The molecule has 2 aliphatic rings. The van der Waals surface area contributed by atoms with Crippen LogP contribution in [0.2, 0.25) is 0 Å². The molecule has 9 heteroatoms. The number of carbonyl (C=O) groups is 1. The maximum absolute atomic E-state index is 14.0. The summed E-state index contributed by atoms with van der Waals surface area (Å²) >= 11 is 0. The number of hydrogen-bond acceptors (Lipinski definition) is 5. The number of anilines is 2. The number of likely N-dealkylation sites (tertiary alicyclic amines) is 1. The van der Waals surface area contributed by atoms with E-state index in [2.05, 4.69) is 15.4 Å². The molecule has 0 aliphatic carbocycles. The first-order valence-corrected chi connectivity index (χ1v) is 9.04. The van der Waals surface area contributed by atoms with Gasteiger partial charge in [0, 0.05) is 37.2 Å². The first-order valence-electron chi connectivity index (χ1n) is 9.04. The summed E-state index contributed by atoms with van der Waals surface area (Å²) in [5, 5.41) is 9.20. The van der Waals surface area contributed by atoms with Crippen LogP contribution in [0, 0.1) is 17.6 Å². The summed E-state index contributed by atoms with van der Waals surface area (Å²) < 4.78 is 27.2. The number of pyridine rings is 1. The smallest absolute Gasteiger partial charge is 0.323 e. The van der Waals surface area contributed by atoms with Gasteiger partial charge in [-0.25, -0.2) is 18.6 Å². The molecule has 1 fully saturated rings. The molecule has 1 aromatic carbocycles. The minimum Gasteiger partial charge on any atom is -0.396 e. The summed E-state index contributed by atoms with van der Waals surface area (Å²) in [5.74, 6) is -1.02. The van der Waals surface area contributed by atoms with Gasteiger partial charge in [-0.3, -0.25) is 10.3 Å². The van der Waals surface area contributed by atoms with Gasteiger partial charge in [0.1, 0.15) is 11.6 Å². The Morgan fingerprint density at radius 2 is 2.11 bits per heavy atom. The SMILES string of the molecule is CCN1CC2CN(C(=O)Nc3nc(-c4ccc(F)cc4F)ccc3N)CC2=N1. The quantitative estimate of drug-likeness (QED) is 0.849. The van der Waals surface area contributed by atoms with Gasteiger partial charge in [0.2, 0.25) is 0 Å². The summed E-state index contributed by atoms with van der Waals surface area (Å²) in [6.07, 6.45) is 0. The molecule has 1 unspecified atom stereocenters. The molecule has 1 atom stereocenters. The fourth-order valence-electron chi connectivity index (χ4n) is 3.47. The third-order valence-electron chi connectivity index (χ3n) is 4.98. The fourth-order valence-corrected chi connectivity index (χ4v) is 3.47. The van der Waals surface area contributed by atoms with Crippen molar-refractivity contribution in [2.24, 2.45) is 11.0 Å². The number of hydrazone groups is 1. The standard InChI is InChI=1S/C19H20F2N6O/c1-2-27-9-11-8-26(10-17(11)25-27)19(28)24-18-15(22)5-6-16(23-18)13-4-3-12(20)7-14(13)21/h3-7,11H,2,8-10,22H2,1H3,(H,23,24,28). The highest BCUT2D eigenvalue weighted by Gasteiger charge is 2.37. The predicted molar refractivity (Wildman–Crippen MR) is 103 cm³/mol. The number of benzene rings is 1. The monoisotopic (exact) mass is 386 g/mol. The Bertz CT molecular complexity index is 963. The van der Waals surface area contributed by atoms with E-state index in [-0.39, 0.29) is 34.7 Å². The molecular weight excluding hydrogens is 366 g/mol. The molecule has 3 heterocycles. The lowest BCUT2D eigenvalue weighted by Crippen LogP contribution is -2.35. The second kappa shape index (κ2) is 7.06. The third-order valence-corrected chi connectivity index (χ3v) is 4.98. The summed E-state index contributed by atoms with van der Waals surface area (Å²) in [7, 11) is 0. The summed E-state index contributed by atoms with van der Waals surface area (Å²) in [4.78, 5) is 18.5. The Labute approximate surface area is 160 Å². The molecule has 3 N–H and O–H groups in total. The second-order valence-electron chi connectivity index (χ2n) is 6.86. The molecule has 2 aliphatic heterocycles. The van der Waals surface area contributed by atoms with Crippen molar-refractivity contribution < 1.29 is 13.6 Å². The molecule has 7 nitrogen and oxygen atoms in total. The topological polar surface area (TPSA) is 86.8 Å². The van der Waals surface area contributed by atoms with Crippen LogP contribution in [0.15, 0.2) is 35.4 Å². The zero-order chi connectivity index (χ0) is 19.8. The van der Waals surface area contributed by atoms with E-state index in [1.54, 1.807) is 4.90 Å². The lowest BCUT2D eigenvalue weighted by Gasteiger charge is -2.19. The summed E-state index contributed by atoms with van der Waals surface area (Å²) in [6, 6.07) is 5.95. The molecule has 4 rings (SSSR count). The molecule has 0 radical (unpaired) electrons. The van der Waals surface area contributed by atoms with E-state index in [4.69, 9.17) is 5.73 Å². The number of nitrogens with zero attached hydrogens (tertiary/aromatic N) is 4. The van der Waals surface area contributed by atoms with E-state index in [9.17, 15) is 13.6 Å². The highest BCUT2D eigenvalue weighted by molar-refractivity contribution is 5.99. The Balaban J connectivity index is 1.51. The van der Waals surface area contributed by atoms with Crippen LogP contribution in [0.1, 0.15) is 6.92 Å². The predicted octanol–water partition coefficient (Wildman–Crippen LogP) is 2.76. The Morgan fingerprint density at radius 1 is 1.29 bits per heavy atom. The van der Waals surface area contributed by atoms with Crippen molar-refractivity contribution in [2.75, 3.05) is 37.2 Å². The molecule has 0 saturated carbocycles. The van der Waals surface area contributed by atoms with Crippen LogP contribution in [-0.4, -0.2) is 52.8 Å². The Kier molecular flexibility index (Phi) is 4.58. The van der Waals surface area contributed by atoms with E-state index >= 15 is 0 Å². The third kappa shape index (κ3) is 3.35.